The number of amides is 4. The van der Waals surface area contributed by atoms with Crippen LogP contribution in [0.25, 0.3) is 22.0 Å². The topological polar surface area (TPSA) is 141 Å². The molecule has 7 heterocycles. The number of aliphatic hydroxyl groups is 1. The van der Waals surface area contributed by atoms with Crippen LogP contribution in [-0.2, 0) is 31.2 Å². The Kier molecular flexibility index (Phi) is 9.97. The molecule has 9 rings (SSSR count). The number of hydrogen-bond donors (Lipinski definition) is 2. The summed E-state index contributed by atoms with van der Waals surface area (Å²) in [6.07, 6.45) is 5.50. The summed E-state index contributed by atoms with van der Waals surface area (Å²) in [5.41, 5.74) is 6.69. The summed E-state index contributed by atoms with van der Waals surface area (Å²) in [4.78, 5) is 50.6. The van der Waals surface area contributed by atoms with Crippen LogP contribution in [0.3, 0.4) is 0 Å². The van der Waals surface area contributed by atoms with Crippen molar-refractivity contribution in [1.29, 1.82) is 0 Å². The lowest BCUT2D eigenvalue weighted by Crippen LogP contribution is -2.52. The van der Waals surface area contributed by atoms with E-state index in [1.165, 1.54) is 12.0 Å². The number of likely N-dealkylation sites (tertiary alicyclic amines) is 1. The van der Waals surface area contributed by atoms with E-state index in [9.17, 15) is 19.5 Å². The van der Waals surface area contributed by atoms with Crippen LogP contribution in [0.4, 0.5) is 30.8 Å². The number of pyridine rings is 1. The van der Waals surface area contributed by atoms with E-state index < -0.39 is 18.7 Å². The Morgan fingerprint density at radius 1 is 0.949 bits per heavy atom. The minimum atomic E-state index is -2.72. The van der Waals surface area contributed by atoms with Crippen LogP contribution in [-0.4, -0.2) is 98.1 Å². The molecule has 2 aromatic carbocycles. The molecule has 3 aromatic heterocycles. The smallest absolute Gasteiger partial charge is 0.324 e. The number of rotatable bonds is 7. The van der Waals surface area contributed by atoms with E-state index in [1.807, 2.05) is 39.7 Å². The van der Waals surface area contributed by atoms with Crippen molar-refractivity contribution in [1.82, 2.24) is 34.4 Å². The number of aryl methyl sites for hydroxylation is 2. The lowest BCUT2D eigenvalue weighted by molar-refractivity contribution is -0.129. The number of aliphatic hydroxyl groups excluding tert-OH is 1. The van der Waals surface area contributed by atoms with Crippen LogP contribution in [0.1, 0.15) is 77.8 Å². The fraction of sp³-hybridized carbons (Fsp3) is 0.419. The number of urea groups is 1. The van der Waals surface area contributed by atoms with Crippen molar-refractivity contribution in [2.75, 3.05) is 49.6 Å². The number of piperidine rings is 1. The molecule has 4 aliphatic rings. The Balaban J connectivity index is 1.00. The Labute approximate surface area is 339 Å². The number of carbonyl (C=O) groups excluding carboxylic acids is 3. The Morgan fingerprint density at radius 3 is 2.51 bits per heavy atom. The molecule has 14 nitrogen and oxygen atoms in total. The van der Waals surface area contributed by atoms with Gasteiger partial charge in [0.25, 0.3) is 12.3 Å². The van der Waals surface area contributed by atoms with Gasteiger partial charge in [0.2, 0.25) is 5.91 Å². The maximum Gasteiger partial charge on any atom is 0.324 e. The van der Waals surface area contributed by atoms with Gasteiger partial charge in [-0.05, 0) is 73.2 Å². The van der Waals surface area contributed by atoms with E-state index in [-0.39, 0.29) is 23.4 Å². The van der Waals surface area contributed by atoms with Gasteiger partial charge >= 0.3 is 6.03 Å². The summed E-state index contributed by atoms with van der Waals surface area (Å²) in [5.74, 6) is 0.898. The van der Waals surface area contributed by atoms with Gasteiger partial charge in [-0.15, -0.1) is 0 Å². The van der Waals surface area contributed by atoms with Crippen LogP contribution in [0.5, 0.6) is 5.75 Å². The molecule has 0 saturated carbocycles. The zero-order chi connectivity index (χ0) is 41.1. The van der Waals surface area contributed by atoms with Gasteiger partial charge in [0.1, 0.15) is 12.0 Å². The van der Waals surface area contributed by atoms with Gasteiger partial charge in [-0.1, -0.05) is 0 Å². The number of fused-ring (bicyclic) bond motifs is 3. The van der Waals surface area contributed by atoms with Crippen molar-refractivity contribution < 1.29 is 33.0 Å². The number of nitrogens with one attached hydrogen (secondary N) is 1. The summed E-state index contributed by atoms with van der Waals surface area (Å²) >= 11 is 0. The Bertz CT molecular complexity index is 2470. The van der Waals surface area contributed by atoms with Crippen molar-refractivity contribution >= 4 is 45.9 Å². The van der Waals surface area contributed by atoms with Crippen molar-refractivity contribution in [2.45, 2.75) is 70.7 Å². The number of benzene rings is 2. The summed E-state index contributed by atoms with van der Waals surface area (Å²) in [7, 11) is 3.40. The first-order chi connectivity index (χ1) is 28.5. The van der Waals surface area contributed by atoms with Gasteiger partial charge < -0.3 is 34.4 Å². The number of ether oxygens (including phenoxy) is 1. The molecule has 0 aliphatic carbocycles. The quantitative estimate of drug-likeness (QED) is 0.202. The normalized spacial score (nSPS) is 18.6. The van der Waals surface area contributed by atoms with E-state index >= 15 is 8.78 Å². The second kappa shape index (κ2) is 15.3. The third-order valence-electron chi connectivity index (χ3n) is 12.4. The lowest BCUT2D eigenvalue weighted by atomic mass is 9.91. The highest BCUT2D eigenvalue weighted by molar-refractivity contribution is 5.99. The largest absolute Gasteiger partial charge is 0.495 e. The molecule has 308 valence electrons. The van der Waals surface area contributed by atoms with Gasteiger partial charge in [0, 0.05) is 117 Å². The molecule has 4 amide bonds. The summed E-state index contributed by atoms with van der Waals surface area (Å²) < 4.78 is 39.8. The van der Waals surface area contributed by atoms with Gasteiger partial charge in [-0.2, -0.15) is 5.10 Å². The fourth-order valence-corrected chi connectivity index (χ4v) is 9.35. The maximum atomic E-state index is 15.1. The minimum absolute atomic E-state index is 0.0152. The molecule has 2 N–H and O–H groups in total. The number of nitrogens with zero attached hydrogens (tertiary/aromatic N) is 8. The van der Waals surface area contributed by atoms with Gasteiger partial charge in [-0.3, -0.25) is 24.2 Å². The number of anilines is 3. The van der Waals surface area contributed by atoms with Crippen LogP contribution in [0.15, 0.2) is 55.0 Å². The number of hydrogen-bond acceptors (Lipinski definition) is 8. The molecule has 1 unspecified atom stereocenters. The highest BCUT2D eigenvalue weighted by Crippen LogP contribution is 2.45. The van der Waals surface area contributed by atoms with E-state index in [0.29, 0.717) is 99.0 Å². The highest BCUT2D eigenvalue weighted by Gasteiger charge is 2.36. The molecule has 0 radical (unpaired) electrons. The zero-order valence-corrected chi connectivity index (χ0v) is 33.3. The molecule has 1 atom stereocenters. The molecule has 2 saturated heterocycles. The molecule has 0 spiro atoms. The summed E-state index contributed by atoms with van der Waals surface area (Å²) in [6.45, 7) is 4.37. The number of halogens is 2. The van der Waals surface area contributed by atoms with Gasteiger partial charge in [-0.25, -0.2) is 13.6 Å². The number of carbonyl (C=O) groups is 3. The first-order valence-corrected chi connectivity index (χ1v) is 20.2. The van der Waals surface area contributed by atoms with E-state index in [4.69, 9.17) is 9.84 Å². The SMILES string of the molecule is COc1cc(C(=O)N2CCC(n3nc(N4CCCc5cc(-c6cn(C)c7ccncc67)c(C(F)F)cc54)c4c3CCN(C(C)=O)C4)CC2)ccc1N1CCC(O)NC1=O. The molecular weight excluding hydrogens is 761 g/mol. The zero-order valence-electron chi connectivity index (χ0n) is 33.3. The molecule has 16 heteroatoms. The van der Waals surface area contributed by atoms with Crippen LogP contribution >= 0.6 is 0 Å². The minimum Gasteiger partial charge on any atom is -0.495 e. The number of aromatic nitrogens is 4. The summed E-state index contributed by atoms with van der Waals surface area (Å²) in [6, 6.07) is 10.0. The molecule has 59 heavy (non-hydrogen) atoms. The van der Waals surface area contributed by atoms with E-state index in [0.717, 1.165) is 46.1 Å². The third-order valence-corrected chi connectivity index (χ3v) is 12.4. The lowest BCUT2D eigenvalue weighted by Gasteiger charge is -2.34. The Morgan fingerprint density at radius 2 is 1.76 bits per heavy atom. The average Bonchev–Trinajstić information content (AvgIpc) is 3.80. The third kappa shape index (κ3) is 6.82. The van der Waals surface area contributed by atoms with Crippen molar-refractivity contribution in [3.8, 4) is 16.9 Å². The average molecular weight is 808 g/mol. The van der Waals surface area contributed by atoms with Crippen molar-refractivity contribution in [3.63, 3.8) is 0 Å². The van der Waals surface area contributed by atoms with Crippen molar-refractivity contribution in [2.24, 2.45) is 7.05 Å². The first-order valence-electron chi connectivity index (χ1n) is 20.2. The van der Waals surface area contributed by atoms with Crippen LogP contribution < -0.4 is 19.9 Å². The second-order valence-corrected chi connectivity index (χ2v) is 15.9. The molecular formula is C43H47F2N9O5. The van der Waals surface area contributed by atoms with Gasteiger partial charge in [0.15, 0.2) is 5.82 Å². The monoisotopic (exact) mass is 807 g/mol. The molecule has 4 aliphatic heterocycles. The number of alkyl halides is 2. The van der Waals surface area contributed by atoms with E-state index in [2.05, 4.69) is 19.9 Å². The maximum absolute atomic E-state index is 15.1. The predicted molar refractivity (Wildman–Crippen MR) is 217 cm³/mol. The molecule has 5 aromatic rings. The van der Waals surface area contributed by atoms with Crippen molar-refractivity contribution in [3.05, 3.63) is 82.9 Å². The summed E-state index contributed by atoms with van der Waals surface area (Å²) in [5, 5.41) is 18.4. The molecule has 0 bridgehead atoms. The van der Waals surface area contributed by atoms with Crippen LogP contribution in [0, 0.1) is 0 Å². The molecule has 2 fully saturated rings. The second-order valence-electron chi connectivity index (χ2n) is 15.9. The standard InChI is InChI=1S/C43H47F2N9O5/c1-25(55)51-17-11-35-33(24-51)41(52-14-4-5-26-19-29(30(40(44)45)21-37(26)52)32-23-49(2)34-8-13-46-22-31(32)34)48-54(35)28-9-15-50(16-10-28)42(57)27-6-7-36(38(20-27)59-3)53-18-12-39(56)47-43(53)58/h6-8,13,19-23,28,39-40,56H,4-5,9-12,14-18,24H2,1-3H3,(H,47,58). The number of methoxy groups -OCH3 is 1. The fourth-order valence-electron chi connectivity index (χ4n) is 9.35. The van der Waals surface area contributed by atoms with E-state index in [1.54, 1.807) is 43.6 Å². The predicted octanol–water partition coefficient (Wildman–Crippen LogP) is 6.09. The Hall–Kier alpha value is -6.03. The highest BCUT2D eigenvalue weighted by atomic mass is 19.3. The van der Waals surface area contributed by atoms with Crippen LogP contribution in [0.2, 0.25) is 0 Å². The van der Waals surface area contributed by atoms with Gasteiger partial charge in [0.05, 0.1) is 30.9 Å². The first kappa shape index (κ1) is 38.5.